The maximum absolute atomic E-state index is 5.97. The Bertz CT molecular complexity index is 541. The lowest BCUT2D eigenvalue weighted by molar-refractivity contribution is 0.818. The van der Waals surface area contributed by atoms with Crippen LogP contribution in [0, 0.1) is 0 Å². The molecule has 2 heterocycles. The van der Waals surface area contributed by atoms with Crippen LogP contribution >= 0.6 is 22.9 Å². The molecule has 2 rings (SSSR count). The minimum Gasteiger partial charge on any atom is -0.382 e. The largest absolute Gasteiger partial charge is 0.382 e. The third kappa shape index (κ3) is 2.85. The van der Waals surface area contributed by atoms with Crippen molar-refractivity contribution in [2.24, 2.45) is 0 Å². The normalized spacial score (nSPS) is 10.9. The van der Waals surface area contributed by atoms with Gasteiger partial charge in [0.2, 0.25) is 0 Å². The van der Waals surface area contributed by atoms with Gasteiger partial charge in [0.15, 0.2) is 5.82 Å². The molecule has 0 amide bonds. The molecule has 18 heavy (non-hydrogen) atoms. The smallest absolute Gasteiger partial charge is 0.150 e. The quantitative estimate of drug-likeness (QED) is 0.895. The van der Waals surface area contributed by atoms with E-state index in [1.165, 1.54) is 6.33 Å². The molecular weight excluding hydrogens is 272 g/mol. The lowest BCUT2D eigenvalue weighted by atomic mass is 10.2. The molecule has 3 N–H and O–H groups in total. The van der Waals surface area contributed by atoms with Gasteiger partial charge in [0, 0.05) is 5.92 Å². The highest BCUT2D eigenvalue weighted by Gasteiger charge is 2.10. The van der Waals surface area contributed by atoms with Crippen LogP contribution in [0.15, 0.2) is 6.33 Å². The van der Waals surface area contributed by atoms with Gasteiger partial charge in [-0.05, 0) is 0 Å². The van der Waals surface area contributed by atoms with Crippen LogP contribution in [-0.4, -0.2) is 20.2 Å². The average Bonchev–Trinajstić information content (AvgIpc) is 2.80. The van der Waals surface area contributed by atoms with E-state index in [2.05, 4.69) is 39.3 Å². The number of nitrogens with zero attached hydrogens (tertiary/aromatic N) is 4. The molecule has 0 radical (unpaired) electrons. The Morgan fingerprint density at radius 1 is 1.39 bits per heavy atom. The molecule has 0 fully saturated rings. The Hall–Kier alpha value is -1.47. The lowest BCUT2D eigenvalue weighted by Gasteiger charge is -2.05. The number of hydrogen-bond acceptors (Lipinski definition) is 7. The number of hydrogen-bond donors (Lipinski definition) is 2. The lowest BCUT2D eigenvalue weighted by Crippen LogP contribution is -2.04. The van der Waals surface area contributed by atoms with Crippen molar-refractivity contribution < 1.29 is 0 Å². The van der Waals surface area contributed by atoms with E-state index in [0.717, 1.165) is 10.0 Å². The molecule has 0 aliphatic carbocycles. The number of aromatic nitrogens is 4. The van der Waals surface area contributed by atoms with Gasteiger partial charge in [-0.2, -0.15) is 0 Å². The summed E-state index contributed by atoms with van der Waals surface area (Å²) in [5.74, 6) is 1.15. The minimum atomic E-state index is 0.259. The highest BCUT2D eigenvalue weighted by atomic mass is 35.5. The maximum atomic E-state index is 5.97. The van der Waals surface area contributed by atoms with Crippen molar-refractivity contribution in [3.05, 3.63) is 21.4 Å². The van der Waals surface area contributed by atoms with E-state index in [0.29, 0.717) is 23.3 Å². The van der Waals surface area contributed by atoms with Gasteiger partial charge in [-0.1, -0.05) is 36.8 Å². The molecular formula is C10H13ClN6S. The summed E-state index contributed by atoms with van der Waals surface area (Å²) in [5.41, 5.74) is 5.59. The molecule has 0 spiro atoms. The first-order chi connectivity index (χ1) is 8.58. The van der Waals surface area contributed by atoms with E-state index in [-0.39, 0.29) is 5.82 Å². The van der Waals surface area contributed by atoms with Crippen molar-refractivity contribution in [3.8, 4) is 0 Å². The predicted octanol–water partition coefficient (Wildman–Crippen LogP) is 2.30. The first-order valence-corrected chi connectivity index (χ1v) is 6.59. The fourth-order valence-electron chi connectivity index (χ4n) is 1.24. The highest BCUT2D eigenvalue weighted by molar-refractivity contribution is 7.11. The minimum absolute atomic E-state index is 0.259. The summed E-state index contributed by atoms with van der Waals surface area (Å²) in [6.07, 6.45) is 1.36. The number of halogens is 1. The molecule has 0 saturated heterocycles. The number of nitrogen functional groups attached to an aromatic ring is 1. The first kappa shape index (κ1) is 13.0. The summed E-state index contributed by atoms with van der Waals surface area (Å²) in [4.78, 5) is 7.81. The van der Waals surface area contributed by atoms with Crippen LogP contribution in [0.1, 0.15) is 29.8 Å². The fourth-order valence-corrected chi connectivity index (χ4v) is 2.19. The third-order valence-electron chi connectivity index (χ3n) is 2.20. The van der Waals surface area contributed by atoms with Gasteiger partial charge in [0.05, 0.1) is 6.54 Å². The van der Waals surface area contributed by atoms with Crippen molar-refractivity contribution in [3.63, 3.8) is 0 Å². The van der Waals surface area contributed by atoms with E-state index in [1.807, 2.05) is 0 Å². The Kier molecular flexibility index (Phi) is 3.93. The molecule has 6 nitrogen and oxygen atoms in total. The van der Waals surface area contributed by atoms with Gasteiger partial charge in [-0.25, -0.2) is 9.97 Å². The van der Waals surface area contributed by atoms with Crippen LogP contribution in [0.5, 0.6) is 0 Å². The molecule has 0 saturated carbocycles. The topological polar surface area (TPSA) is 89.6 Å². The van der Waals surface area contributed by atoms with Crippen molar-refractivity contribution in [2.75, 3.05) is 11.1 Å². The van der Waals surface area contributed by atoms with Gasteiger partial charge in [0.1, 0.15) is 27.2 Å². The van der Waals surface area contributed by atoms with Crippen LogP contribution < -0.4 is 11.1 Å². The van der Waals surface area contributed by atoms with Gasteiger partial charge in [-0.3, -0.25) is 0 Å². The van der Waals surface area contributed by atoms with Crippen LogP contribution in [0.25, 0.3) is 0 Å². The Labute approximate surface area is 114 Å². The highest BCUT2D eigenvalue weighted by Crippen LogP contribution is 2.24. The van der Waals surface area contributed by atoms with Gasteiger partial charge >= 0.3 is 0 Å². The van der Waals surface area contributed by atoms with Gasteiger partial charge < -0.3 is 11.1 Å². The SMILES string of the molecule is CC(C)c1nnc(CNc2ncnc(N)c2Cl)s1. The molecule has 2 aromatic rings. The zero-order valence-corrected chi connectivity index (χ0v) is 11.6. The second kappa shape index (κ2) is 5.45. The van der Waals surface area contributed by atoms with Crippen LogP contribution in [0.4, 0.5) is 11.6 Å². The van der Waals surface area contributed by atoms with Crippen molar-refractivity contribution >= 4 is 34.6 Å². The molecule has 0 atom stereocenters. The molecule has 0 aromatic carbocycles. The average molecular weight is 285 g/mol. The van der Waals surface area contributed by atoms with E-state index in [4.69, 9.17) is 17.3 Å². The van der Waals surface area contributed by atoms with Crippen LogP contribution in [-0.2, 0) is 6.54 Å². The fraction of sp³-hybridized carbons (Fsp3) is 0.400. The Balaban J connectivity index is 2.04. The molecule has 0 aliphatic rings. The number of nitrogens with two attached hydrogens (primary N) is 1. The second-order valence-corrected chi connectivity index (χ2v) is 5.44. The second-order valence-electron chi connectivity index (χ2n) is 3.96. The molecule has 0 bridgehead atoms. The van der Waals surface area contributed by atoms with Gasteiger partial charge in [-0.15, -0.1) is 10.2 Å². The Morgan fingerprint density at radius 2 is 2.17 bits per heavy atom. The predicted molar refractivity (Wildman–Crippen MR) is 72.8 cm³/mol. The van der Waals surface area contributed by atoms with E-state index >= 15 is 0 Å². The van der Waals surface area contributed by atoms with Crippen LogP contribution in [0.3, 0.4) is 0 Å². The van der Waals surface area contributed by atoms with Crippen molar-refractivity contribution in [1.29, 1.82) is 0 Å². The molecule has 0 aliphatic heterocycles. The zero-order chi connectivity index (χ0) is 13.1. The molecule has 8 heteroatoms. The third-order valence-corrected chi connectivity index (χ3v) is 3.80. The van der Waals surface area contributed by atoms with Gasteiger partial charge in [0.25, 0.3) is 0 Å². The maximum Gasteiger partial charge on any atom is 0.150 e. The number of nitrogens with one attached hydrogen (secondary N) is 1. The Morgan fingerprint density at radius 3 is 2.83 bits per heavy atom. The van der Waals surface area contributed by atoms with E-state index in [9.17, 15) is 0 Å². The van der Waals surface area contributed by atoms with Crippen molar-refractivity contribution in [1.82, 2.24) is 20.2 Å². The van der Waals surface area contributed by atoms with E-state index < -0.39 is 0 Å². The monoisotopic (exact) mass is 284 g/mol. The number of anilines is 2. The molecule has 0 unspecified atom stereocenters. The summed E-state index contributed by atoms with van der Waals surface area (Å²) < 4.78 is 0. The standard InChI is InChI=1S/C10H13ClN6S/c1-5(2)10-17-16-6(18-10)3-13-9-7(11)8(12)14-4-15-9/h4-5H,3H2,1-2H3,(H3,12,13,14,15). The summed E-state index contributed by atoms with van der Waals surface area (Å²) in [6, 6.07) is 0. The summed E-state index contributed by atoms with van der Waals surface area (Å²) in [7, 11) is 0. The number of rotatable bonds is 4. The van der Waals surface area contributed by atoms with Crippen LogP contribution in [0.2, 0.25) is 5.02 Å². The first-order valence-electron chi connectivity index (χ1n) is 5.40. The molecule has 96 valence electrons. The zero-order valence-electron chi connectivity index (χ0n) is 10.0. The summed E-state index contributed by atoms with van der Waals surface area (Å²) in [5, 5.41) is 13.5. The van der Waals surface area contributed by atoms with E-state index in [1.54, 1.807) is 11.3 Å². The van der Waals surface area contributed by atoms with Crippen molar-refractivity contribution in [2.45, 2.75) is 26.3 Å². The summed E-state index contributed by atoms with van der Waals surface area (Å²) in [6.45, 7) is 4.68. The molecule has 2 aromatic heterocycles. The summed E-state index contributed by atoms with van der Waals surface area (Å²) >= 11 is 7.54.